The van der Waals surface area contributed by atoms with Gasteiger partial charge in [-0.1, -0.05) is 0 Å². The molecule has 0 aromatic carbocycles. The Balaban J connectivity index is 2.58. The van der Waals surface area contributed by atoms with Crippen LogP contribution in [0.1, 0.15) is 40.3 Å². The Morgan fingerprint density at radius 1 is 1.33 bits per heavy atom. The number of rotatable bonds is 3. The normalized spacial score (nSPS) is 13.8. The third-order valence-corrected chi connectivity index (χ3v) is 3.03. The Morgan fingerprint density at radius 3 is 2.50 bits per heavy atom. The zero-order valence-electron chi connectivity index (χ0n) is 10.2. The predicted molar refractivity (Wildman–Crippen MR) is 64.3 cm³/mol. The van der Waals surface area contributed by atoms with Gasteiger partial charge >= 0.3 is 11.9 Å². The number of hydrogen-bond acceptors (Lipinski definition) is 4. The van der Waals surface area contributed by atoms with Gasteiger partial charge in [-0.05, 0) is 31.9 Å². The van der Waals surface area contributed by atoms with Crippen LogP contribution in [0.2, 0.25) is 0 Å². The van der Waals surface area contributed by atoms with Gasteiger partial charge in [0.15, 0.2) is 5.69 Å². The molecule has 0 radical (unpaired) electrons. The average molecular weight is 250 g/mol. The maximum atomic E-state index is 11.1. The van der Waals surface area contributed by atoms with Gasteiger partial charge in [-0.15, -0.1) is 0 Å². The van der Waals surface area contributed by atoms with E-state index in [1.54, 1.807) is 0 Å². The molecule has 0 amide bonds. The van der Waals surface area contributed by atoms with Crippen LogP contribution in [0.3, 0.4) is 0 Å². The minimum absolute atomic E-state index is 0.205. The number of fused-ring (bicyclic) bond motifs is 1. The summed E-state index contributed by atoms with van der Waals surface area (Å²) in [5, 5.41) is 18.0. The van der Waals surface area contributed by atoms with Crippen molar-refractivity contribution in [3.05, 3.63) is 22.9 Å². The highest BCUT2D eigenvalue weighted by atomic mass is 16.4. The summed E-state index contributed by atoms with van der Waals surface area (Å²) in [7, 11) is 0. The van der Waals surface area contributed by atoms with Crippen LogP contribution >= 0.6 is 0 Å². The summed E-state index contributed by atoms with van der Waals surface area (Å²) < 4.78 is 0. The smallest absolute Gasteiger partial charge is 0.355 e. The van der Waals surface area contributed by atoms with E-state index in [1.165, 1.54) is 6.07 Å². The highest BCUT2D eigenvalue weighted by Crippen LogP contribution is 2.29. The predicted octanol–water partition coefficient (Wildman–Crippen LogP) is 1.25. The number of carboxylic acids is 2. The maximum Gasteiger partial charge on any atom is 0.355 e. The van der Waals surface area contributed by atoms with Crippen LogP contribution in [0.5, 0.6) is 0 Å². The summed E-state index contributed by atoms with van der Waals surface area (Å²) in [5.41, 5.74) is 0.159. The maximum absolute atomic E-state index is 11.1. The lowest BCUT2D eigenvalue weighted by Crippen LogP contribution is -2.29. The molecule has 0 spiro atoms. The van der Waals surface area contributed by atoms with E-state index in [4.69, 9.17) is 10.2 Å². The molecule has 6 nitrogen and oxygen atoms in total. The summed E-state index contributed by atoms with van der Waals surface area (Å²) in [4.78, 5) is 28.1. The minimum Gasteiger partial charge on any atom is -0.478 e. The first-order chi connectivity index (χ1) is 8.41. The number of anilines is 1. The molecule has 0 fully saturated rings. The lowest BCUT2D eigenvalue weighted by molar-refractivity contribution is 0.0646. The van der Waals surface area contributed by atoms with Crippen LogP contribution in [-0.4, -0.2) is 39.7 Å². The van der Waals surface area contributed by atoms with E-state index >= 15 is 0 Å². The van der Waals surface area contributed by atoms with Crippen LogP contribution in [0.15, 0.2) is 6.07 Å². The van der Waals surface area contributed by atoms with Gasteiger partial charge < -0.3 is 15.1 Å². The molecule has 1 aromatic heterocycles. The Kier molecular flexibility index (Phi) is 2.94. The number of pyridine rings is 1. The van der Waals surface area contributed by atoms with Gasteiger partial charge in [0, 0.05) is 12.6 Å². The number of carbonyl (C=O) groups is 2. The lowest BCUT2D eigenvalue weighted by Gasteiger charge is -2.23. The summed E-state index contributed by atoms with van der Waals surface area (Å²) in [5.74, 6) is -1.98. The molecule has 0 unspecified atom stereocenters. The van der Waals surface area contributed by atoms with Crippen molar-refractivity contribution in [1.82, 2.24) is 4.98 Å². The number of nitrogens with zero attached hydrogens (tertiary/aromatic N) is 2. The first-order valence-electron chi connectivity index (χ1n) is 5.69. The molecule has 2 heterocycles. The van der Waals surface area contributed by atoms with Crippen molar-refractivity contribution < 1.29 is 19.8 Å². The van der Waals surface area contributed by atoms with Gasteiger partial charge in [0.25, 0.3) is 0 Å². The fourth-order valence-electron chi connectivity index (χ4n) is 2.15. The molecule has 1 aromatic rings. The van der Waals surface area contributed by atoms with Gasteiger partial charge in [0.05, 0.1) is 5.56 Å². The van der Waals surface area contributed by atoms with Gasteiger partial charge in [-0.25, -0.2) is 14.6 Å². The van der Waals surface area contributed by atoms with E-state index in [1.807, 2.05) is 18.7 Å². The molecular formula is C12H14N2O4. The molecule has 96 valence electrons. The van der Waals surface area contributed by atoms with Crippen molar-refractivity contribution in [3.63, 3.8) is 0 Å². The van der Waals surface area contributed by atoms with Crippen LogP contribution in [0.25, 0.3) is 0 Å². The molecule has 0 aliphatic carbocycles. The third-order valence-electron chi connectivity index (χ3n) is 3.03. The molecule has 2 rings (SSSR count). The SMILES string of the molecule is CC(C)N1CCc2cc(C(=O)O)c(C(=O)O)nc21. The quantitative estimate of drug-likeness (QED) is 0.839. The summed E-state index contributed by atoms with van der Waals surface area (Å²) in [6, 6.07) is 1.63. The molecule has 0 saturated carbocycles. The zero-order chi connectivity index (χ0) is 13.4. The van der Waals surface area contributed by atoms with E-state index in [9.17, 15) is 9.59 Å². The zero-order valence-corrected chi connectivity index (χ0v) is 10.2. The first-order valence-corrected chi connectivity index (χ1v) is 5.69. The van der Waals surface area contributed by atoms with E-state index < -0.39 is 17.6 Å². The van der Waals surface area contributed by atoms with Gasteiger partial charge in [-0.2, -0.15) is 0 Å². The Morgan fingerprint density at radius 2 is 2.00 bits per heavy atom. The van der Waals surface area contributed by atoms with Crippen LogP contribution in [0, 0.1) is 0 Å². The second-order valence-corrected chi connectivity index (χ2v) is 4.51. The number of hydrogen-bond donors (Lipinski definition) is 2. The summed E-state index contributed by atoms with van der Waals surface area (Å²) in [6.45, 7) is 4.72. The van der Waals surface area contributed by atoms with Gasteiger partial charge in [0.2, 0.25) is 0 Å². The third kappa shape index (κ3) is 1.90. The molecular weight excluding hydrogens is 236 g/mol. The highest BCUT2D eigenvalue weighted by molar-refractivity contribution is 6.01. The van der Waals surface area contributed by atoms with Crippen LogP contribution < -0.4 is 4.90 Å². The van der Waals surface area contributed by atoms with Crippen molar-refractivity contribution in [1.29, 1.82) is 0 Å². The first kappa shape index (κ1) is 12.3. The van der Waals surface area contributed by atoms with Crippen molar-refractivity contribution >= 4 is 17.8 Å². The standard InChI is InChI=1S/C12H14N2O4/c1-6(2)14-4-3-7-5-8(11(15)16)9(12(17)18)13-10(7)14/h5-6H,3-4H2,1-2H3,(H,15,16)(H,17,18). The lowest BCUT2D eigenvalue weighted by atomic mass is 10.1. The van der Waals surface area contributed by atoms with Crippen LogP contribution in [-0.2, 0) is 6.42 Å². The van der Waals surface area contributed by atoms with Crippen LogP contribution in [0.4, 0.5) is 5.82 Å². The topological polar surface area (TPSA) is 90.7 Å². The second kappa shape index (κ2) is 4.29. The summed E-state index contributed by atoms with van der Waals surface area (Å²) >= 11 is 0. The highest BCUT2D eigenvalue weighted by Gasteiger charge is 2.28. The Labute approximate surface area is 104 Å². The number of carboxylic acid groups (broad SMARTS) is 2. The van der Waals surface area contributed by atoms with E-state index in [-0.39, 0.29) is 11.6 Å². The number of aromatic carboxylic acids is 2. The van der Waals surface area contributed by atoms with Crippen molar-refractivity contribution in [2.24, 2.45) is 0 Å². The van der Waals surface area contributed by atoms with E-state index in [0.717, 1.165) is 12.1 Å². The minimum atomic E-state index is -1.31. The second-order valence-electron chi connectivity index (χ2n) is 4.51. The van der Waals surface area contributed by atoms with E-state index in [2.05, 4.69) is 4.98 Å². The molecule has 0 atom stereocenters. The Bertz CT molecular complexity index is 525. The fraction of sp³-hybridized carbons (Fsp3) is 0.417. The van der Waals surface area contributed by atoms with Crippen molar-refractivity contribution in [3.8, 4) is 0 Å². The molecule has 6 heteroatoms. The fourth-order valence-corrected chi connectivity index (χ4v) is 2.15. The van der Waals surface area contributed by atoms with Crippen molar-refractivity contribution in [2.75, 3.05) is 11.4 Å². The van der Waals surface area contributed by atoms with Crippen molar-refractivity contribution in [2.45, 2.75) is 26.3 Å². The largest absolute Gasteiger partial charge is 0.478 e. The van der Waals surface area contributed by atoms with E-state index in [0.29, 0.717) is 12.2 Å². The average Bonchev–Trinajstić information content (AvgIpc) is 2.69. The summed E-state index contributed by atoms with van der Waals surface area (Å²) in [6.07, 6.45) is 0.695. The molecule has 1 aliphatic heterocycles. The molecule has 1 aliphatic rings. The molecule has 0 bridgehead atoms. The van der Waals surface area contributed by atoms with Gasteiger partial charge in [0.1, 0.15) is 5.82 Å². The Hall–Kier alpha value is -2.11. The van der Waals surface area contributed by atoms with Gasteiger partial charge in [-0.3, -0.25) is 0 Å². The molecule has 18 heavy (non-hydrogen) atoms. The monoisotopic (exact) mass is 250 g/mol. The molecule has 0 saturated heterocycles. The molecule has 2 N–H and O–H groups in total. The number of aromatic nitrogens is 1.